The van der Waals surface area contributed by atoms with Crippen LogP contribution in [0.25, 0.3) is 16.9 Å². The summed E-state index contributed by atoms with van der Waals surface area (Å²) in [5.74, 6) is -0.982. The van der Waals surface area contributed by atoms with E-state index in [1.165, 1.54) is 39.7 Å². The number of carbonyl (C=O) groups excluding carboxylic acids is 1. The highest BCUT2D eigenvalue weighted by Gasteiger charge is 2.24. The van der Waals surface area contributed by atoms with Crippen molar-refractivity contribution in [1.82, 2.24) is 18.7 Å². The Hall–Kier alpha value is -3.27. The normalized spacial score (nSPS) is 16.3. The van der Waals surface area contributed by atoms with Gasteiger partial charge in [-0.2, -0.15) is 0 Å². The van der Waals surface area contributed by atoms with E-state index < -0.39 is 23.0 Å². The second-order valence-corrected chi connectivity index (χ2v) is 6.99. The van der Waals surface area contributed by atoms with E-state index in [-0.39, 0.29) is 37.0 Å². The molecular formula is C20H21FN4O5. The second-order valence-electron chi connectivity index (χ2n) is 6.99. The molecule has 1 aromatic carbocycles. The fourth-order valence-corrected chi connectivity index (χ4v) is 3.62. The zero-order valence-electron chi connectivity index (χ0n) is 16.4. The Morgan fingerprint density at radius 3 is 2.73 bits per heavy atom. The fraction of sp³-hybridized carbons (Fsp3) is 0.400. The molecule has 0 aliphatic carbocycles. The SMILES string of the molecule is CCOC(=O)Cn1cnc2c1c(=O)n(CC1CCCO1)c(=O)n2-c1ccc(F)cc1. The topological polar surface area (TPSA) is 97.4 Å². The minimum absolute atomic E-state index is 0.0827. The maximum atomic E-state index is 13.4. The third kappa shape index (κ3) is 3.65. The number of benzene rings is 1. The van der Waals surface area contributed by atoms with Gasteiger partial charge in [0.05, 0.1) is 31.3 Å². The molecule has 158 valence electrons. The summed E-state index contributed by atoms with van der Waals surface area (Å²) >= 11 is 0. The standard InChI is InChI=1S/C20H21FN4O5/c1-2-29-16(26)11-23-12-22-18-17(23)19(27)24(10-15-4-3-9-30-15)20(28)25(18)14-7-5-13(21)6-8-14/h5-8,12,15H,2-4,9-11H2,1H3. The zero-order valence-corrected chi connectivity index (χ0v) is 16.4. The fourth-order valence-electron chi connectivity index (χ4n) is 3.62. The molecule has 1 saturated heterocycles. The minimum atomic E-state index is -0.601. The van der Waals surface area contributed by atoms with Crippen LogP contribution in [0.5, 0.6) is 0 Å². The van der Waals surface area contributed by atoms with Gasteiger partial charge in [0, 0.05) is 6.61 Å². The van der Waals surface area contributed by atoms with E-state index in [0.717, 1.165) is 17.4 Å². The summed E-state index contributed by atoms with van der Waals surface area (Å²) < 4.78 is 27.7. The molecule has 1 atom stereocenters. The molecule has 0 N–H and O–H groups in total. The number of imidazole rings is 1. The van der Waals surface area contributed by atoms with Crippen molar-refractivity contribution in [3.63, 3.8) is 0 Å². The van der Waals surface area contributed by atoms with Crippen molar-refractivity contribution < 1.29 is 18.7 Å². The molecule has 30 heavy (non-hydrogen) atoms. The van der Waals surface area contributed by atoms with E-state index >= 15 is 0 Å². The highest BCUT2D eigenvalue weighted by atomic mass is 19.1. The predicted molar refractivity (Wildman–Crippen MR) is 105 cm³/mol. The lowest BCUT2D eigenvalue weighted by Crippen LogP contribution is -2.42. The number of esters is 1. The molecule has 1 unspecified atom stereocenters. The van der Waals surface area contributed by atoms with Crippen LogP contribution in [0.4, 0.5) is 4.39 Å². The number of ether oxygens (including phenoxy) is 2. The first-order valence-corrected chi connectivity index (χ1v) is 9.73. The lowest BCUT2D eigenvalue weighted by Gasteiger charge is -2.15. The summed E-state index contributed by atoms with van der Waals surface area (Å²) in [5, 5.41) is 0. The molecule has 3 aromatic rings. The van der Waals surface area contributed by atoms with Crippen molar-refractivity contribution in [3.8, 4) is 5.69 Å². The first-order chi connectivity index (χ1) is 14.5. The predicted octanol–water partition coefficient (Wildman–Crippen LogP) is 1.23. The van der Waals surface area contributed by atoms with Crippen molar-refractivity contribution in [2.24, 2.45) is 0 Å². The van der Waals surface area contributed by atoms with Crippen molar-refractivity contribution in [2.75, 3.05) is 13.2 Å². The molecule has 1 aliphatic heterocycles. The highest BCUT2D eigenvalue weighted by molar-refractivity contribution is 5.76. The Bertz CT molecular complexity index is 1190. The second kappa shape index (κ2) is 8.23. The van der Waals surface area contributed by atoms with Crippen LogP contribution in [0.1, 0.15) is 19.8 Å². The molecule has 10 heteroatoms. The van der Waals surface area contributed by atoms with E-state index in [4.69, 9.17) is 9.47 Å². The maximum Gasteiger partial charge on any atom is 0.337 e. The van der Waals surface area contributed by atoms with Gasteiger partial charge in [-0.1, -0.05) is 0 Å². The molecule has 9 nitrogen and oxygen atoms in total. The van der Waals surface area contributed by atoms with Gasteiger partial charge < -0.3 is 14.0 Å². The molecule has 0 radical (unpaired) electrons. The van der Waals surface area contributed by atoms with Gasteiger partial charge in [0.1, 0.15) is 12.4 Å². The van der Waals surface area contributed by atoms with Gasteiger partial charge >= 0.3 is 11.7 Å². The molecule has 1 aliphatic rings. The summed E-state index contributed by atoms with van der Waals surface area (Å²) in [6.45, 7) is 2.33. The Balaban J connectivity index is 1.93. The van der Waals surface area contributed by atoms with Crippen molar-refractivity contribution in [2.45, 2.75) is 39.0 Å². The summed E-state index contributed by atoms with van der Waals surface area (Å²) in [7, 11) is 0. The average Bonchev–Trinajstić information content (AvgIpc) is 3.37. The van der Waals surface area contributed by atoms with Crippen LogP contribution >= 0.6 is 0 Å². The van der Waals surface area contributed by atoms with Gasteiger partial charge in [-0.25, -0.2) is 18.7 Å². The van der Waals surface area contributed by atoms with E-state index in [1.54, 1.807) is 6.92 Å². The number of carbonyl (C=O) groups is 1. The van der Waals surface area contributed by atoms with Gasteiger partial charge in [-0.3, -0.25) is 14.2 Å². The lowest BCUT2D eigenvalue weighted by molar-refractivity contribution is -0.143. The molecule has 0 amide bonds. The van der Waals surface area contributed by atoms with Crippen molar-refractivity contribution in [3.05, 3.63) is 57.2 Å². The van der Waals surface area contributed by atoms with Crippen LogP contribution in [0.3, 0.4) is 0 Å². The lowest BCUT2D eigenvalue weighted by atomic mass is 10.2. The first kappa shape index (κ1) is 20.0. The van der Waals surface area contributed by atoms with Crippen LogP contribution < -0.4 is 11.2 Å². The Kier molecular flexibility index (Phi) is 5.49. The number of rotatable bonds is 6. The Labute approximate surface area is 170 Å². The monoisotopic (exact) mass is 416 g/mol. The van der Waals surface area contributed by atoms with Crippen molar-refractivity contribution >= 4 is 17.1 Å². The van der Waals surface area contributed by atoms with Crippen LogP contribution in [0.15, 0.2) is 40.2 Å². The molecule has 0 spiro atoms. The molecule has 3 heterocycles. The van der Waals surface area contributed by atoms with Gasteiger partial charge in [-0.15, -0.1) is 0 Å². The number of aromatic nitrogens is 4. The number of nitrogens with zero attached hydrogens (tertiary/aromatic N) is 4. The minimum Gasteiger partial charge on any atom is -0.465 e. The first-order valence-electron chi connectivity index (χ1n) is 9.73. The van der Waals surface area contributed by atoms with Crippen LogP contribution in [0.2, 0.25) is 0 Å². The average molecular weight is 416 g/mol. The largest absolute Gasteiger partial charge is 0.465 e. The summed E-state index contributed by atoms with van der Waals surface area (Å²) in [5.41, 5.74) is -0.634. The molecule has 2 aromatic heterocycles. The van der Waals surface area contributed by atoms with Gasteiger partial charge in [0.15, 0.2) is 11.2 Å². The zero-order chi connectivity index (χ0) is 21.3. The van der Waals surface area contributed by atoms with Gasteiger partial charge in [0.2, 0.25) is 0 Å². The Morgan fingerprint density at radius 2 is 2.07 bits per heavy atom. The quantitative estimate of drug-likeness (QED) is 0.561. The highest BCUT2D eigenvalue weighted by Crippen LogP contribution is 2.16. The molecule has 4 rings (SSSR count). The van der Waals surface area contributed by atoms with E-state index in [0.29, 0.717) is 12.3 Å². The van der Waals surface area contributed by atoms with Gasteiger partial charge in [-0.05, 0) is 44.0 Å². The molecule has 1 fully saturated rings. The maximum absolute atomic E-state index is 13.4. The number of hydrogen-bond donors (Lipinski definition) is 0. The third-order valence-corrected chi connectivity index (χ3v) is 5.00. The number of fused-ring (bicyclic) bond motifs is 1. The molecular weight excluding hydrogens is 395 g/mol. The van der Waals surface area contributed by atoms with Crippen LogP contribution in [0, 0.1) is 5.82 Å². The van der Waals surface area contributed by atoms with Gasteiger partial charge in [0.25, 0.3) is 5.56 Å². The van der Waals surface area contributed by atoms with Crippen LogP contribution in [-0.2, 0) is 27.4 Å². The summed E-state index contributed by atoms with van der Waals surface area (Å²) in [6, 6.07) is 5.31. The summed E-state index contributed by atoms with van der Waals surface area (Å²) in [6.07, 6.45) is 2.66. The van der Waals surface area contributed by atoms with E-state index in [1.807, 2.05) is 0 Å². The molecule has 0 saturated carbocycles. The smallest absolute Gasteiger partial charge is 0.337 e. The Morgan fingerprint density at radius 1 is 1.30 bits per heavy atom. The van der Waals surface area contributed by atoms with E-state index in [9.17, 15) is 18.8 Å². The molecule has 0 bridgehead atoms. The van der Waals surface area contributed by atoms with Crippen LogP contribution in [-0.4, -0.2) is 44.0 Å². The summed E-state index contributed by atoms with van der Waals surface area (Å²) in [4.78, 5) is 42.6. The number of hydrogen-bond acceptors (Lipinski definition) is 6. The number of halogens is 1. The third-order valence-electron chi connectivity index (χ3n) is 5.00. The van der Waals surface area contributed by atoms with Crippen molar-refractivity contribution in [1.29, 1.82) is 0 Å². The van der Waals surface area contributed by atoms with E-state index in [2.05, 4.69) is 4.98 Å².